The third-order valence-corrected chi connectivity index (χ3v) is 4.16. The highest BCUT2D eigenvalue weighted by Gasteiger charge is 2.81. The number of rotatable bonds is 2. The number of nitrogens with two attached hydrogens (primary N) is 1. The van der Waals surface area contributed by atoms with Crippen molar-refractivity contribution in [2.45, 2.75) is 36.4 Å². The Morgan fingerprint density at radius 3 is 2.35 bits per heavy atom. The van der Waals surface area contributed by atoms with Gasteiger partial charge in [-0.2, -0.15) is 8.42 Å². The van der Waals surface area contributed by atoms with Crippen LogP contribution in [0.3, 0.4) is 0 Å². The Morgan fingerprint density at radius 2 is 1.90 bits per heavy atom. The molecule has 0 saturated carbocycles. The third-order valence-electron chi connectivity index (χ3n) is 3.23. The van der Waals surface area contributed by atoms with Gasteiger partial charge in [0.2, 0.25) is 0 Å². The average Bonchev–Trinajstić information content (AvgIpc) is 2.51. The largest absolute Gasteiger partial charge is 0.405 e. The Morgan fingerprint density at radius 1 is 1.35 bits per heavy atom. The van der Waals surface area contributed by atoms with Gasteiger partial charge in [0.25, 0.3) is 17.3 Å². The van der Waals surface area contributed by atoms with Crippen LogP contribution in [-0.2, 0) is 28.3 Å². The number of hydrogen-bond acceptors (Lipinski definition) is 11. The van der Waals surface area contributed by atoms with Crippen molar-refractivity contribution >= 4 is 16.2 Å². The van der Waals surface area contributed by atoms with E-state index in [-0.39, 0.29) is 0 Å². The zero-order chi connectivity index (χ0) is 15.6. The van der Waals surface area contributed by atoms with E-state index >= 15 is 0 Å². The number of carbonyl (C=O) groups is 1. The van der Waals surface area contributed by atoms with Crippen LogP contribution in [0.5, 0.6) is 0 Å². The number of carbonyl (C=O) groups excluding carboxylic acids is 1. The van der Waals surface area contributed by atoms with Gasteiger partial charge in [-0.3, -0.25) is 10.5 Å². The normalized spacial score (nSPS) is 50.7. The lowest BCUT2D eigenvalue weighted by Gasteiger charge is -2.51. The Bertz CT molecular complexity index is 549. The molecule has 12 heteroatoms. The minimum atomic E-state index is -4.92. The highest BCUT2D eigenvalue weighted by atomic mass is 32.3. The fraction of sp³-hybridized carbons (Fsp3) is 0.875. The van der Waals surface area contributed by atoms with E-state index in [2.05, 4.69) is 8.37 Å². The molecular formula is C8H13NO10S. The quantitative estimate of drug-likeness (QED) is 0.331. The van der Waals surface area contributed by atoms with Crippen LogP contribution in [0.15, 0.2) is 0 Å². The molecule has 0 bridgehead atoms. The summed E-state index contributed by atoms with van der Waals surface area (Å²) in [6, 6.07) is 0. The number of hydrogen-bond donors (Lipinski definition) is 5. The van der Waals surface area contributed by atoms with Crippen molar-refractivity contribution in [1.82, 2.24) is 0 Å². The standard InChI is InChI=1S/C8H13NO10S/c1-3(11)6(13)8(9)7(14,18-20(15,16)19-8)5(12)4(2-10)17-6/h4-5,10,12-14H,2,9H2,1H3/t4-,5-,6+,7-,8-/m1/s1. The summed E-state index contributed by atoms with van der Waals surface area (Å²) in [4.78, 5) is 11.5. The minimum Gasteiger partial charge on any atom is -0.394 e. The van der Waals surface area contributed by atoms with Crippen LogP contribution in [0.4, 0.5) is 0 Å². The molecule has 0 aromatic rings. The number of ether oxygens (including phenoxy) is 1. The molecule has 5 atom stereocenters. The first-order valence-corrected chi connectivity index (χ1v) is 6.64. The van der Waals surface area contributed by atoms with Gasteiger partial charge in [-0.1, -0.05) is 0 Å². The molecule has 2 rings (SSSR count). The molecule has 20 heavy (non-hydrogen) atoms. The van der Waals surface area contributed by atoms with Gasteiger partial charge >= 0.3 is 10.4 Å². The van der Waals surface area contributed by atoms with E-state index < -0.39 is 52.3 Å². The monoisotopic (exact) mass is 315 g/mol. The minimum absolute atomic E-state index is 0.773. The summed E-state index contributed by atoms with van der Waals surface area (Å²) in [5.41, 5.74) is 2.30. The predicted molar refractivity (Wildman–Crippen MR) is 56.6 cm³/mol. The van der Waals surface area contributed by atoms with E-state index in [1.165, 1.54) is 0 Å². The van der Waals surface area contributed by atoms with Crippen LogP contribution >= 0.6 is 0 Å². The lowest BCUT2D eigenvalue weighted by Crippen LogP contribution is -2.83. The molecule has 2 saturated heterocycles. The number of Topliss-reactive ketones (excluding diaryl/α,β-unsaturated/α-hetero) is 1. The first-order chi connectivity index (χ1) is 8.93. The average molecular weight is 315 g/mol. The van der Waals surface area contributed by atoms with E-state index in [4.69, 9.17) is 15.6 Å². The Hall–Kier alpha value is -0.700. The third kappa shape index (κ3) is 1.68. The molecule has 2 aliphatic rings. The molecule has 0 aromatic heterocycles. The van der Waals surface area contributed by atoms with Gasteiger partial charge in [-0.05, 0) is 0 Å². The molecule has 6 N–H and O–H groups in total. The first kappa shape index (κ1) is 15.7. The highest BCUT2D eigenvalue weighted by Crippen LogP contribution is 2.49. The lowest BCUT2D eigenvalue weighted by molar-refractivity contribution is -0.411. The smallest absolute Gasteiger partial charge is 0.394 e. The highest BCUT2D eigenvalue weighted by molar-refractivity contribution is 7.82. The number of aliphatic hydroxyl groups is 4. The van der Waals surface area contributed by atoms with Crippen molar-refractivity contribution in [2.24, 2.45) is 5.73 Å². The van der Waals surface area contributed by atoms with Gasteiger partial charge in [0.05, 0.1) is 6.61 Å². The molecule has 11 nitrogen and oxygen atoms in total. The summed E-state index contributed by atoms with van der Waals surface area (Å²) in [5.74, 6) is -7.62. The van der Waals surface area contributed by atoms with Crippen LogP contribution in [-0.4, -0.2) is 70.7 Å². The fourth-order valence-electron chi connectivity index (χ4n) is 2.13. The summed E-state index contributed by atoms with van der Waals surface area (Å²) < 4.78 is 35.8. The summed E-state index contributed by atoms with van der Waals surface area (Å²) in [6.45, 7) is -0.200. The van der Waals surface area contributed by atoms with Gasteiger partial charge in [-0.15, -0.1) is 0 Å². The zero-order valence-electron chi connectivity index (χ0n) is 10.1. The molecule has 0 radical (unpaired) electrons. The van der Waals surface area contributed by atoms with E-state index in [1.807, 2.05) is 0 Å². The maximum absolute atomic E-state index is 11.5. The molecule has 0 amide bonds. The molecule has 0 unspecified atom stereocenters. The molecule has 0 aliphatic carbocycles. The first-order valence-electron chi connectivity index (χ1n) is 5.31. The SMILES string of the molecule is CC(=O)[C@]1(O)O[C@H](CO)[C@@H](O)[C@@]2(O)OS(=O)(=O)O[C@]12N. The maximum atomic E-state index is 11.5. The molecule has 2 fully saturated rings. The van der Waals surface area contributed by atoms with Crippen LogP contribution in [0.25, 0.3) is 0 Å². The lowest BCUT2D eigenvalue weighted by atomic mass is 9.82. The van der Waals surface area contributed by atoms with Crippen molar-refractivity contribution in [2.75, 3.05) is 6.61 Å². The van der Waals surface area contributed by atoms with Crippen molar-refractivity contribution in [3.63, 3.8) is 0 Å². The van der Waals surface area contributed by atoms with Crippen LogP contribution in [0, 0.1) is 0 Å². The summed E-state index contributed by atoms with van der Waals surface area (Å²) >= 11 is 0. The maximum Gasteiger partial charge on any atom is 0.405 e. The Labute approximate surface area is 112 Å². The van der Waals surface area contributed by atoms with Crippen LogP contribution in [0.2, 0.25) is 0 Å². The van der Waals surface area contributed by atoms with Crippen molar-refractivity contribution in [1.29, 1.82) is 0 Å². The molecule has 116 valence electrons. The molecule has 0 spiro atoms. The molecule has 2 aliphatic heterocycles. The Kier molecular flexibility index (Phi) is 3.26. The predicted octanol–water partition coefficient (Wildman–Crippen LogP) is -4.35. The van der Waals surface area contributed by atoms with Gasteiger partial charge in [0.15, 0.2) is 5.78 Å². The summed E-state index contributed by atoms with van der Waals surface area (Å²) in [6.07, 6.45) is -3.96. The van der Waals surface area contributed by atoms with E-state index in [1.54, 1.807) is 0 Å². The van der Waals surface area contributed by atoms with Crippen molar-refractivity contribution < 1.29 is 46.7 Å². The second-order valence-electron chi connectivity index (χ2n) is 4.49. The van der Waals surface area contributed by atoms with Crippen molar-refractivity contribution in [3.05, 3.63) is 0 Å². The van der Waals surface area contributed by atoms with E-state index in [0.717, 1.165) is 6.92 Å². The topological polar surface area (TPSA) is 186 Å². The number of aliphatic hydroxyl groups excluding tert-OH is 2. The summed E-state index contributed by atoms with van der Waals surface area (Å²) in [5, 5.41) is 39.1. The second-order valence-corrected chi connectivity index (χ2v) is 5.64. The molecule has 2 heterocycles. The van der Waals surface area contributed by atoms with Gasteiger partial charge in [0.1, 0.15) is 12.2 Å². The van der Waals surface area contributed by atoms with Gasteiger partial charge in [0, 0.05) is 6.92 Å². The number of fused-ring (bicyclic) bond motifs is 1. The van der Waals surface area contributed by atoms with Crippen LogP contribution in [0.1, 0.15) is 6.92 Å². The second kappa shape index (κ2) is 4.16. The molecular weight excluding hydrogens is 302 g/mol. The van der Waals surface area contributed by atoms with Crippen LogP contribution < -0.4 is 5.73 Å². The fourth-order valence-corrected chi connectivity index (χ4v) is 3.25. The molecule has 0 aromatic carbocycles. The Balaban J connectivity index is 2.67. The zero-order valence-corrected chi connectivity index (χ0v) is 10.9. The number of ketones is 1. The van der Waals surface area contributed by atoms with Crippen molar-refractivity contribution in [3.8, 4) is 0 Å². The van der Waals surface area contributed by atoms with E-state index in [0.29, 0.717) is 0 Å². The van der Waals surface area contributed by atoms with E-state index in [9.17, 15) is 28.5 Å². The van der Waals surface area contributed by atoms with Gasteiger partial charge in [-0.25, -0.2) is 8.37 Å². The summed E-state index contributed by atoms with van der Waals surface area (Å²) in [7, 11) is -4.92. The van der Waals surface area contributed by atoms with Gasteiger partial charge < -0.3 is 25.2 Å².